The van der Waals surface area contributed by atoms with Gasteiger partial charge >= 0.3 is 0 Å². The summed E-state index contributed by atoms with van der Waals surface area (Å²) in [5.41, 5.74) is 6.07. The highest BCUT2D eigenvalue weighted by molar-refractivity contribution is 5.37. The van der Waals surface area contributed by atoms with Gasteiger partial charge in [0.2, 0.25) is 0 Å². The summed E-state index contributed by atoms with van der Waals surface area (Å²) in [5.74, 6) is 0. The Morgan fingerprint density at radius 1 is 0.722 bits per heavy atom. The molecule has 1 heteroatoms. The molecular formula is C17H29N. The first-order chi connectivity index (χ1) is 8.78. The van der Waals surface area contributed by atoms with Gasteiger partial charge in [0.1, 0.15) is 0 Å². The Bertz CT molecular complexity index is 320. The quantitative estimate of drug-likeness (QED) is 0.637. The highest BCUT2D eigenvalue weighted by Gasteiger charge is 2.12. The summed E-state index contributed by atoms with van der Waals surface area (Å²) in [6, 6.07) is 0. The molecule has 0 aromatic carbocycles. The Hall–Kier alpha value is -0.850. The molecule has 18 heavy (non-hydrogen) atoms. The Morgan fingerprint density at radius 2 is 1.28 bits per heavy atom. The van der Waals surface area contributed by atoms with Crippen LogP contribution in [0.15, 0.2) is 6.20 Å². The van der Waals surface area contributed by atoms with Gasteiger partial charge in [-0.3, -0.25) is 4.98 Å². The molecule has 1 aromatic rings. The van der Waals surface area contributed by atoms with Crippen molar-refractivity contribution in [2.24, 2.45) is 0 Å². The average molecular weight is 247 g/mol. The van der Waals surface area contributed by atoms with Crippen LogP contribution in [0.2, 0.25) is 0 Å². The van der Waals surface area contributed by atoms with Gasteiger partial charge in [0, 0.05) is 11.9 Å². The van der Waals surface area contributed by atoms with Crippen LogP contribution >= 0.6 is 0 Å². The lowest BCUT2D eigenvalue weighted by atomic mass is 9.91. The van der Waals surface area contributed by atoms with E-state index < -0.39 is 0 Å². The lowest BCUT2D eigenvalue weighted by Crippen LogP contribution is -2.07. The fourth-order valence-corrected chi connectivity index (χ4v) is 2.72. The summed E-state index contributed by atoms with van der Waals surface area (Å²) in [5, 5.41) is 0. The van der Waals surface area contributed by atoms with E-state index in [0.717, 1.165) is 6.42 Å². The van der Waals surface area contributed by atoms with Gasteiger partial charge in [-0.25, -0.2) is 0 Å². The molecule has 0 saturated heterocycles. The van der Waals surface area contributed by atoms with Crippen LogP contribution < -0.4 is 0 Å². The summed E-state index contributed by atoms with van der Waals surface area (Å²) < 4.78 is 0. The van der Waals surface area contributed by atoms with Crippen molar-refractivity contribution in [1.82, 2.24) is 4.98 Å². The van der Waals surface area contributed by atoms with Gasteiger partial charge in [0.05, 0.1) is 0 Å². The van der Waals surface area contributed by atoms with Gasteiger partial charge in [0.25, 0.3) is 0 Å². The maximum Gasteiger partial charge on any atom is 0.0438 e. The molecule has 1 nitrogen and oxygen atoms in total. The number of nitrogens with zero attached hydrogens (tertiary/aromatic N) is 1. The standard InChI is InChI=1S/C17H29N/c1-5-9-14-13-18-17(12-8-4)16(11-7-3)15(14)10-6-2/h13H,5-12H2,1-4H3. The first-order valence-electron chi connectivity index (χ1n) is 7.76. The van der Waals surface area contributed by atoms with Crippen molar-refractivity contribution in [2.45, 2.75) is 79.1 Å². The number of pyridine rings is 1. The van der Waals surface area contributed by atoms with Crippen LogP contribution in [0.5, 0.6) is 0 Å². The van der Waals surface area contributed by atoms with E-state index in [1.807, 2.05) is 0 Å². The molecule has 1 rings (SSSR count). The van der Waals surface area contributed by atoms with Crippen LogP contribution in [0.25, 0.3) is 0 Å². The predicted octanol–water partition coefficient (Wildman–Crippen LogP) is 4.89. The largest absolute Gasteiger partial charge is 0.261 e. The third-order valence-corrected chi connectivity index (χ3v) is 3.48. The molecule has 0 fully saturated rings. The first kappa shape index (κ1) is 15.2. The second-order valence-corrected chi connectivity index (χ2v) is 5.19. The van der Waals surface area contributed by atoms with Gasteiger partial charge in [-0.1, -0.05) is 53.4 Å². The first-order valence-corrected chi connectivity index (χ1v) is 7.76. The summed E-state index contributed by atoms with van der Waals surface area (Å²) in [7, 11) is 0. The number of aryl methyl sites for hydroxylation is 2. The fourth-order valence-electron chi connectivity index (χ4n) is 2.72. The van der Waals surface area contributed by atoms with Crippen LogP contribution in [0, 0.1) is 0 Å². The van der Waals surface area contributed by atoms with E-state index >= 15 is 0 Å². The molecule has 0 bridgehead atoms. The molecule has 0 N–H and O–H groups in total. The summed E-state index contributed by atoms with van der Waals surface area (Å²) in [6.07, 6.45) is 11.8. The van der Waals surface area contributed by atoms with E-state index in [1.165, 1.54) is 56.2 Å². The topological polar surface area (TPSA) is 12.9 Å². The van der Waals surface area contributed by atoms with Crippen LogP contribution in [-0.4, -0.2) is 4.98 Å². The summed E-state index contributed by atoms with van der Waals surface area (Å²) >= 11 is 0. The Balaban J connectivity index is 3.19. The number of rotatable bonds is 8. The fraction of sp³-hybridized carbons (Fsp3) is 0.706. The van der Waals surface area contributed by atoms with Crippen molar-refractivity contribution in [3.05, 3.63) is 28.6 Å². The minimum atomic E-state index is 1.14. The zero-order chi connectivity index (χ0) is 13.4. The zero-order valence-electron chi connectivity index (χ0n) is 12.7. The Morgan fingerprint density at radius 3 is 1.83 bits per heavy atom. The van der Waals surface area contributed by atoms with E-state index in [-0.39, 0.29) is 0 Å². The van der Waals surface area contributed by atoms with Crippen LogP contribution in [-0.2, 0) is 25.7 Å². The SMILES string of the molecule is CCCc1cnc(CCC)c(CCC)c1CCC. The molecule has 0 aliphatic rings. The molecule has 102 valence electrons. The van der Waals surface area contributed by atoms with Crippen LogP contribution in [0.1, 0.15) is 75.8 Å². The molecule has 0 aliphatic carbocycles. The molecule has 0 unspecified atom stereocenters. The lowest BCUT2D eigenvalue weighted by Gasteiger charge is -2.17. The molecule has 0 saturated carbocycles. The highest BCUT2D eigenvalue weighted by Crippen LogP contribution is 2.23. The van der Waals surface area contributed by atoms with E-state index in [4.69, 9.17) is 4.98 Å². The summed E-state index contributed by atoms with van der Waals surface area (Å²) in [4.78, 5) is 4.75. The molecular weight excluding hydrogens is 218 g/mol. The minimum Gasteiger partial charge on any atom is -0.261 e. The Kier molecular flexibility index (Phi) is 7.00. The van der Waals surface area contributed by atoms with Gasteiger partial charge in [-0.15, -0.1) is 0 Å². The third kappa shape index (κ3) is 3.83. The lowest BCUT2D eigenvalue weighted by molar-refractivity contribution is 0.776. The van der Waals surface area contributed by atoms with E-state index in [9.17, 15) is 0 Å². The van der Waals surface area contributed by atoms with E-state index in [1.54, 1.807) is 11.1 Å². The molecule has 0 radical (unpaired) electrons. The molecule has 0 spiro atoms. The minimum absolute atomic E-state index is 1.14. The van der Waals surface area contributed by atoms with Crippen molar-refractivity contribution in [2.75, 3.05) is 0 Å². The number of aromatic nitrogens is 1. The highest BCUT2D eigenvalue weighted by atomic mass is 14.7. The van der Waals surface area contributed by atoms with Crippen molar-refractivity contribution in [3.63, 3.8) is 0 Å². The van der Waals surface area contributed by atoms with E-state index in [0.29, 0.717) is 0 Å². The maximum absolute atomic E-state index is 4.75. The summed E-state index contributed by atoms with van der Waals surface area (Å²) in [6.45, 7) is 9.06. The van der Waals surface area contributed by atoms with Crippen molar-refractivity contribution < 1.29 is 0 Å². The second-order valence-electron chi connectivity index (χ2n) is 5.19. The molecule has 1 aromatic heterocycles. The van der Waals surface area contributed by atoms with Gasteiger partial charge < -0.3 is 0 Å². The van der Waals surface area contributed by atoms with Crippen LogP contribution in [0.4, 0.5) is 0 Å². The third-order valence-electron chi connectivity index (χ3n) is 3.48. The molecule has 0 atom stereocenters. The molecule has 0 amide bonds. The van der Waals surface area contributed by atoms with Gasteiger partial charge in [0.15, 0.2) is 0 Å². The van der Waals surface area contributed by atoms with Crippen LogP contribution in [0.3, 0.4) is 0 Å². The monoisotopic (exact) mass is 247 g/mol. The smallest absolute Gasteiger partial charge is 0.0438 e. The predicted molar refractivity (Wildman–Crippen MR) is 80.2 cm³/mol. The zero-order valence-corrected chi connectivity index (χ0v) is 12.7. The Labute approximate surface area is 113 Å². The van der Waals surface area contributed by atoms with Crippen molar-refractivity contribution in [1.29, 1.82) is 0 Å². The van der Waals surface area contributed by atoms with Crippen molar-refractivity contribution in [3.8, 4) is 0 Å². The van der Waals surface area contributed by atoms with Gasteiger partial charge in [-0.05, 0) is 42.4 Å². The number of hydrogen-bond acceptors (Lipinski definition) is 1. The molecule has 1 heterocycles. The number of hydrogen-bond donors (Lipinski definition) is 0. The maximum atomic E-state index is 4.75. The second kappa shape index (κ2) is 8.29. The van der Waals surface area contributed by atoms with Crippen molar-refractivity contribution >= 4 is 0 Å². The van der Waals surface area contributed by atoms with E-state index in [2.05, 4.69) is 33.9 Å². The van der Waals surface area contributed by atoms with Gasteiger partial charge in [-0.2, -0.15) is 0 Å². The average Bonchev–Trinajstić information content (AvgIpc) is 2.37. The molecule has 0 aliphatic heterocycles. The normalized spacial score (nSPS) is 10.9.